The lowest BCUT2D eigenvalue weighted by molar-refractivity contribution is -0.137. The van der Waals surface area contributed by atoms with Crippen LogP contribution in [0.5, 0.6) is 0 Å². The summed E-state index contributed by atoms with van der Waals surface area (Å²) >= 11 is 1.59. The largest absolute Gasteiger partial charge is 0.481 e. The number of rotatable bonds is 7. The van der Waals surface area contributed by atoms with Crippen LogP contribution in [0.3, 0.4) is 0 Å². The standard InChI is InChI=1S/C13H20N2O3S/c1-3-4-11(7-12(16)17)14-13(18)15(2)8-10-5-6-19-9-10/h5-6,9,11H,3-4,7-8H2,1-2H3,(H,14,18)(H,16,17). The third-order valence-corrected chi connectivity index (χ3v) is 3.46. The van der Waals surface area contributed by atoms with Gasteiger partial charge in [0.1, 0.15) is 0 Å². The van der Waals surface area contributed by atoms with E-state index < -0.39 is 5.97 Å². The van der Waals surface area contributed by atoms with Gasteiger partial charge in [-0.25, -0.2) is 4.79 Å². The average molecular weight is 284 g/mol. The molecule has 0 aliphatic carbocycles. The summed E-state index contributed by atoms with van der Waals surface area (Å²) in [6.45, 7) is 2.50. The molecule has 1 heterocycles. The minimum atomic E-state index is -0.890. The first-order valence-electron chi connectivity index (χ1n) is 6.27. The van der Waals surface area contributed by atoms with Crippen LogP contribution in [0.1, 0.15) is 31.7 Å². The minimum absolute atomic E-state index is 0.0358. The van der Waals surface area contributed by atoms with Crippen molar-refractivity contribution >= 4 is 23.3 Å². The van der Waals surface area contributed by atoms with Gasteiger partial charge in [0.05, 0.1) is 6.42 Å². The van der Waals surface area contributed by atoms with Crippen LogP contribution in [-0.4, -0.2) is 35.1 Å². The molecule has 2 amide bonds. The van der Waals surface area contributed by atoms with Gasteiger partial charge in [-0.2, -0.15) is 11.3 Å². The van der Waals surface area contributed by atoms with E-state index in [1.54, 1.807) is 23.3 Å². The molecular formula is C13H20N2O3S. The van der Waals surface area contributed by atoms with Crippen molar-refractivity contribution in [2.45, 2.75) is 38.8 Å². The van der Waals surface area contributed by atoms with Crippen LogP contribution in [0.2, 0.25) is 0 Å². The molecule has 1 aromatic rings. The monoisotopic (exact) mass is 284 g/mol. The second-order valence-corrected chi connectivity index (χ2v) is 5.30. The summed E-state index contributed by atoms with van der Waals surface area (Å²) in [5.41, 5.74) is 1.08. The van der Waals surface area contributed by atoms with Crippen molar-refractivity contribution in [1.82, 2.24) is 10.2 Å². The molecule has 0 radical (unpaired) electrons. The number of nitrogens with one attached hydrogen (secondary N) is 1. The number of hydrogen-bond donors (Lipinski definition) is 2. The second-order valence-electron chi connectivity index (χ2n) is 4.52. The Morgan fingerprint density at radius 1 is 1.53 bits per heavy atom. The van der Waals surface area contributed by atoms with Gasteiger partial charge in [-0.1, -0.05) is 13.3 Å². The highest BCUT2D eigenvalue weighted by Gasteiger charge is 2.17. The lowest BCUT2D eigenvalue weighted by Gasteiger charge is -2.22. The summed E-state index contributed by atoms with van der Waals surface area (Å²) in [5.74, 6) is -0.890. The van der Waals surface area contributed by atoms with Crippen molar-refractivity contribution in [1.29, 1.82) is 0 Å². The molecule has 1 aromatic heterocycles. The first kappa shape index (κ1) is 15.5. The summed E-state index contributed by atoms with van der Waals surface area (Å²) in [4.78, 5) is 24.3. The fraction of sp³-hybridized carbons (Fsp3) is 0.538. The maximum absolute atomic E-state index is 12.0. The topological polar surface area (TPSA) is 69.6 Å². The third-order valence-electron chi connectivity index (χ3n) is 2.73. The second kappa shape index (κ2) is 7.78. The summed E-state index contributed by atoms with van der Waals surface area (Å²) < 4.78 is 0. The fourth-order valence-electron chi connectivity index (χ4n) is 1.80. The molecular weight excluding hydrogens is 264 g/mol. The molecule has 0 spiro atoms. The van der Waals surface area contributed by atoms with Crippen molar-refractivity contribution in [3.8, 4) is 0 Å². The molecule has 0 saturated heterocycles. The summed E-state index contributed by atoms with van der Waals surface area (Å²) in [6, 6.07) is 1.43. The number of carbonyl (C=O) groups excluding carboxylic acids is 1. The van der Waals surface area contributed by atoms with Crippen LogP contribution < -0.4 is 5.32 Å². The van der Waals surface area contributed by atoms with E-state index in [0.717, 1.165) is 12.0 Å². The Balaban J connectivity index is 2.48. The zero-order valence-electron chi connectivity index (χ0n) is 11.3. The number of hydrogen-bond acceptors (Lipinski definition) is 3. The van der Waals surface area contributed by atoms with Gasteiger partial charge in [0.25, 0.3) is 0 Å². The normalized spacial score (nSPS) is 11.9. The molecule has 2 N–H and O–H groups in total. The van der Waals surface area contributed by atoms with E-state index in [2.05, 4.69) is 5.32 Å². The van der Waals surface area contributed by atoms with Gasteiger partial charge in [0.15, 0.2) is 0 Å². The Morgan fingerprint density at radius 3 is 2.79 bits per heavy atom. The van der Waals surface area contributed by atoms with Gasteiger partial charge in [-0.15, -0.1) is 0 Å². The number of urea groups is 1. The number of carboxylic acids is 1. The Labute approximate surface area is 117 Å². The average Bonchev–Trinajstić information content (AvgIpc) is 2.81. The highest BCUT2D eigenvalue weighted by atomic mass is 32.1. The van der Waals surface area contributed by atoms with Gasteiger partial charge in [0, 0.05) is 19.6 Å². The van der Waals surface area contributed by atoms with Gasteiger partial charge in [0.2, 0.25) is 0 Å². The Hall–Kier alpha value is -1.56. The molecule has 19 heavy (non-hydrogen) atoms. The van der Waals surface area contributed by atoms with E-state index in [0.29, 0.717) is 13.0 Å². The molecule has 106 valence electrons. The maximum Gasteiger partial charge on any atom is 0.317 e. The molecule has 1 rings (SSSR count). The Morgan fingerprint density at radius 2 is 2.26 bits per heavy atom. The number of carbonyl (C=O) groups is 2. The van der Waals surface area contributed by atoms with Gasteiger partial charge in [-0.05, 0) is 28.8 Å². The van der Waals surface area contributed by atoms with E-state index in [9.17, 15) is 9.59 Å². The summed E-state index contributed by atoms with van der Waals surface area (Å²) in [5, 5.41) is 15.5. The smallest absolute Gasteiger partial charge is 0.317 e. The van der Waals surface area contributed by atoms with E-state index in [4.69, 9.17) is 5.11 Å². The number of nitrogens with zero attached hydrogens (tertiary/aromatic N) is 1. The first-order valence-corrected chi connectivity index (χ1v) is 7.21. The number of thiophene rings is 1. The molecule has 1 atom stereocenters. The molecule has 0 saturated carbocycles. The lowest BCUT2D eigenvalue weighted by atomic mass is 10.1. The number of amides is 2. The van der Waals surface area contributed by atoms with Crippen molar-refractivity contribution in [2.75, 3.05) is 7.05 Å². The Kier molecular flexibility index (Phi) is 6.35. The SMILES string of the molecule is CCCC(CC(=O)O)NC(=O)N(C)Cc1ccsc1. The third kappa shape index (κ3) is 5.74. The van der Waals surface area contributed by atoms with Gasteiger partial charge in [-0.3, -0.25) is 4.79 Å². The highest BCUT2D eigenvalue weighted by Crippen LogP contribution is 2.09. The molecule has 6 heteroatoms. The molecule has 5 nitrogen and oxygen atoms in total. The molecule has 0 aliphatic heterocycles. The van der Waals surface area contributed by atoms with Gasteiger partial charge < -0.3 is 15.3 Å². The van der Waals surface area contributed by atoms with Crippen LogP contribution >= 0.6 is 11.3 Å². The van der Waals surface area contributed by atoms with Crippen LogP contribution in [0.4, 0.5) is 4.79 Å². The summed E-state index contributed by atoms with van der Waals surface area (Å²) in [6.07, 6.45) is 1.47. The van der Waals surface area contributed by atoms with Crippen LogP contribution in [-0.2, 0) is 11.3 Å². The van der Waals surface area contributed by atoms with E-state index in [-0.39, 0.29) is 18.5 Å². The predicted molar refractivity (Wildman–Crippen MR) is 75.3 cm³/mol. The lowest BCUT2D eigenvalue weighted by Crippen LogP contribution is -2.43. The van der Waals surface area contributed by atoms with Crippen LogP contribution in [0.25, 0.3) is 0 Å². The van der Waals surface area contributed by atoms with Crippen LogP contribution in [0, 0.1) is 0 Å². The fourth-order valence-corrected chi connectivity index (χ4v) is 2.46. The molecule has 1 unspecified atom stereocenters. The van der Waals surface area contributed by atoms with E-state index in [1.807, 2.05) is 23.8 Å². The van der Waals surface area contributed by atoms with Gasteiger partial charge >= 0.3 is 12.0 Å². The molecule has 0 fully saturated rings. The van der Waals surface area contributed by atoms with E-state index >= 15 is 0 Å². The molecule has 0 aromatic carbocycles. The highest BCUT2D eigenvalue weighted by molar-refractivity contribution is 7.07. The Bertz CT molecular complexity index is 406. The zero-order chi connectivity index (χ0) is 14.3. The number of aliphatic carboxylic acids is 1. The predicted octanol–water partition coefficient (Wildman–Crippen LogP) is 2.53. The molecule has 0 aliphatic rings. The summed E-state index contributed by atoms with van der Waals surface area (Å²) in [7, 11) is 1.71. The maximum atomic E-state index is 12.0. The molecule has 0 bridgehead atoms. The van der Waals surface area contributed by atoms with Crippen molar-refractivity contribution < 1.29 is 14.7 Å². The van der Waals surface area contributed by atoms with Crippen molar-refractivity contribution in [3.05, 3.63) is 22.4 Å². The number of carboxylic acid groups (broad SMARTS) is 1. The van der Waals surface area contributed by atoms with E-state index in [1.165, 1.54) is 0 Å². The van der Waals surface area contributed by atoms with Crippen molar-refractivity contribution in [2.24, 2.45) is 0 Å². The first-order chi connectivity index (χ1) is 9.02. The minimum Gasteiger partial charge on any atom is -0.481 e. The quantitative estimate of drug-likeness (QED) is 0.808. The van der Waals surface area contributed by atoms with Crippen molar-refractivity contribution in [3.63, 3.8) is 0 Å². The van der Waals surface area contributed by atoms with Crippen LogP contribution in [0.15, 0.2) is 16.8 Å². The zero-order valence-corrected chi connectivity index (χ0v) is 12.1.